The molecule has 18 heavy (non-hydrogen) atoms. The van der Waals surface area contributed by atoms with E-state index in [9.17, 15) is 9.59 Å². The largest absolute Gasteiger partial charge is 0.462 e. The molecule has 0 unspecified atom stereocenters. The van der Waals surface area contributed by atoms with Crippen molar-refractivity contribution in [3.8, 4) is 0 Å². The molecule has 7 heteroatoms. The van der Waals surface area contributed by atoms with Crippen LogP contribution in [0.15, 0.2) is 0 Å². The fourth-order valence-corrected chi connectivity index (χ4v) is 2.47. The standard InChI is InChI=1S/C11H16N2O4S/c1-4-16-11(15)9-6(2)7(3)18-10(9)13-8(14)5-17-12/h4-5,12H2,1-3H3,(H,13,14). The van der Waals surface area contributed by atoms with Crippen LogP contribution in [0.5, 0.6) is 0 Å². The summed E-state index contributed by atoms with van der Waals surface area (Å²) < 4.78 is 4.96. The van der Waals surface area contributed by atoms with Gasteiger partial charge >= 0.3 is 5.97 Å². The Bertz CT molecular complexity index is 456. The maximum Gasteiger partial charge on any atom is 0.341 e. The molecule has 0 atom stereocenters. The first-order valence-corrected chi connectivity index (χ1v) is 6.21. The van der Waals surface area contributed by atoms with Gasteiger partial charge in [0.2, 0.25) is 0 Å². The van der Waals surface area contributed by atoms with Gasteiger partial charge < -0.3 is 10.1 Å². The summed E-state index contributed by atoms with van der Waals surface area (Å²) in [6, 6.07) is 0. The summed E-state index contributed by atoms with van der Waals surface area (Å²) in [5, 5.41) is 3.05. The highest BCUT2D eigenvalue weighted by molar-refractivity contribution is 7.16. The van der Waals surface area contributed by atoms with Gasteiger partial charge in [-0.1, -0.05) is 0 Å². The van der Waals surface area contributed by atoms with Crippen LogP contribution in [0, 0.1) is 13.8 Å². The molecule has 0 spiro atoms. The van der Waals surface area contributed by atoms with E-state index in [4.69, 9.17) is 10.6 Å². The van der Waals surface area contributed by atoms with E-state index in [1.165, 1.54) is 11.3 Å². The van der Waals surface area contributed by atoms with Gasteiger partial charge in [0.05, 0.1) is 12.2 Å². The fraction of sp³-hybridized carbons (Fsp3) is 0.455. The number of carbonyl (C=O) groups is 2. The van der Waals surface area contributed by atoms with E-state index in [0.717, 1.165) is 10.4 Å². The zero-order valence-corrected chi connectivity index (χ0v) is 11.3. The van der Waals surface area contributed by atoms with Gasteiger partial charge in [0, 0.05) is 4.88 Å². The van der Waals surface area contributed by atoms with Crippen molar-refractivity contribution in [1.29, 1.82) is 0 Å². The molecule has 0 bridgehead atoms. The number of thiophene rings is 1. The van der Waals surface area contributed by atoms with Crippen molar-refractivity contribution in [3.05, 3.63) is 16.0 Å². The van der Waals surface area contributed by atoms with Crippen molar-refractivity contribution < 1.29 is 19.2 Å². The number of nitrogens with two attached hydrogens (primary N) is 1. The molecule has 0 saturated carbocycles. The smallest absolute Gasteiger partial charge is 0.341 e. The van der Waals surface area contributed by atoms with Crippen molar-refractivity contribution in [2.45, 2.75) is 20.8 Å². The summed E-state index contributed by atoms with van der Waals surface area (Å²) in [4.78, 5) is 28.4. The summed E-state index contributed by atoms with van der Waals surface area (Å²) in [5.74, 6) is 3.96. The molecule has 1 aromatic rings. The number of nitrogens with one attached hydrogen (secondary N) is 1. The summed E-state index contributed by atoms with van der Waals surface area (Å²) in [6.07, 6.45) is 0. The molecule has 0 aliphatic carbocycles. The quantitative estimate of drug-likeness (QED) is 0.624. The lowest BCUT2D eigenvalue weighted by atomic mass is 10.1. The highest BCUT2D eigenvalue weighted by atomic mass is 32.1. The second-order valence-electron chi connectivity index (χ2n) is 3.57. The summed E-state index contributed by atoms with van der Waals surface area (Å²) in [7, 11) is 0. The average Bonchev–Trinajstić information content (AvgIpc) is 2.55. The Balaban J connectivity index is 3.00. The molecule has 6 nitrogen and oxygen atoms in total. The molecule has 100 valence electrons. The minimum atomic E-state index is -0.441. The number of ether oxygens (including phenoxy) is 1. The van der Waals surface area contributed by atoms with Gasteiger partial charge in [-0.3, -0.25) is 9.63 Å². The second kappa shape index (κ2) is 6.48. The lowest BCUT2D eigenvalue weighted by molar-refractivity contribution is -0.120. The third-order valence-corrected chi connectivity index (χ3v) is 3.45. The highest BCUT2D eigenvalue weighted by Crippen LogP contribution is 2.32. The van der Waals surface area contributed by atoms with Crippen LogP contribution in [0.25, 0.3) is 0 Å². The normalized spacial score (nSPS) is 10.2. The third kappa shape index (κ3) is 3.28. The predicted octanol–water partition coefficient (Wildman–Crippen LogP) is 1.37. The number of amides is 1. The molecule has 3 N–H and O–H groups in total. The van der Waals surface area contributed by atoms with Crippen molar-refractivity contribution in [2.75, 3.05) is 18.5 Å². The minimum Gasteiger partial charge on any atom is -0.462 e. The van der Waals surface area contributed by atoms with Gasteiger partial charge in [0.25, 0.3) is 5.91 Å². The molecule has 1 aromatic heterocycles. The zero-order chi connectivity index (χ0) is 13.7. The van der Waals surface area contributed by atoms with Crippen molar-refractivity contribution >= 4 is 28.2 Å². The molecular formula is C11H16N2O4S. The summed E-state index contributed by atoms with van der Waals surface area (Å²) in [6.45, 7) is 5.43. The molecule has 0 radical (unpaired) electrons. The van der Waals surface area contributed by atoms with Crippen molar-refractivity contribution in [1.82, 2.24) is 0 Å². The molecule has 0 aromatic carbocycles. The fourth-order valence-electron chi connectivity index (χ4n) is 1.40. The van der Waals surface area contributed by atoms with E-state index < -0.39 is 11.9 Å². The van der Waals surface area contributed by atoms with E-state index in [-0.39, 0.29) is 13.2 Å². The van der Waals surface area contributed by atoms with Crippen LogP contribution in [0.4, 0.5) is 5.00 Å². The first-order valence-electron chi connectivity index (χ1n) is 5.39. The van der Waals surface area contributed by atoms with Crippen LogP contribution in [-0.4, -0.2) is 25.1 Å². The van der Waals surface area contributed by atoms with Crippen molar-refractivity contribution in [2.24, 2.45) is 5.90 Å². The Morgan fingerprint density at radius 1 is 1.39 bits per heavy atom. The molecular weight excluding hydrogens is 256 g/mol. The summed E-state index contributed by atoms with van der Waals surface area (Å²) in [5.41, 5.74) is 1.20. The van der Waals surface area contributed by atoms with E-state index in [1.807, 2.05) is 13.8 Å². The van der Waals surface area contributed by atoms with Gasteiger partial charge in [-0.25, -0.2) is 10.7 Å². The van der Waals surface area contributed by atoms with Gasteiger partial charge in [-0.2, -0.15) is 0 Å². The maximum atomic E-state index is 11.8. The molecule has 0 aliphatic rings. The van der Waals surface area contributed by atoms with Crippen LogP contribution in [0.2, 0.25) is 0 Å². The number of esters is 1. The SMILES string of the molecule is CCOC(=O)c1c(NC(=O)CON)sc(C)c1C. The maximum absolute atomic E-state index is 11.8. The monoisotopic (exact) mass is 272 g/mol. The number of rotatable bonds is 5. The number of carbonyl (C=O) groups excluding carboxylic acids is 2. The molecule has 0 aliphatic heterocycles. The van der Waals surface area contributed by atoms with E-state index >= 15 is 0 Å². The predicted molar refractivity (Wildman–Crippen MR) is 68.5 cm³/mol. The molecule has 1 rings (SSSR count). The highest BCUT2D eigenvalue weighted by Gasteiger charge is 2.21. The molecule has 1 amide bonds. The van der Waals surface area contributed by atoms with E-state index in [0.29, 0.717) is 10.6 Å². The van der Waals surface area contributed by atoms with Crippen molar-refractivity contribution in [3.63, 3.8) is 0 Å². The van der Waals surface area contributed by atoms with Crippen LogP contribution >= 0.6 is 11.3 Å². The number of aryl methyl sites for hydroxylation is 1. The minimum absolute atomic E-state index is 0.266. The Labute approximate surface area is 109 Å². The van der Waals surface area contributed by atoms with Crippen LogP contribution < -0.4 is 11.2 Å². The number of hydrogen-bond donors (Lipinski definition) is 2. The Hall–Kier alpha value is -1.44. The topological polar surface area (TPSA) is 90.6 Å². The number of anilines is 1. The zero-order valence-electron chi connectivity index (χ0n) is 10.5. The van der Waals surface area contributed by atoms with Gasteiger partial charge in [-0.15, -0.1) is 11.3 Å². The Kier molecular flexibility index (Phi) is 5.26. The van der Waals surface area contributed by atoms with E-state index in [1.54, 1.807) is 6.92 Å². The second-order valence-corrected chi connectivity index (χ2v) is 4.79. The first-order chi connectivity index (χ1) is 8.51. The third-order valence-electron chi connectivity index (χ3n) is 2.33. The lowest BCUT2D eigenvalue weighted by Crippen LogP contribution is -2.21. The number of hydrogen-bond acceptors (Lipinski definition) is 6. The van der Waals surface area contributed by atoms with Crippen LogP contribution in [-0.2, 0) is 14.4 Å². The van der Waals surface area contributed by atoms with Gasteiger partial charge in [-0.05, 0) is 26.3 Å². The van der Waals surface area contributed by atoms with Crippen LogP contribution in [0.3, 0.4) is 0 Å². The van der Waals surface area contributed by atoms with Gasteiger partial charge in [0.15, 0.2) is 0 Å². The van der Waals surface area contributed by atoms with Crippen LogP contribution in [0.1, 0.15) is 27.7 Å². The van der Waals surface area contributed by atoms with Gasteiger partial charge in [0.1, 0.15) is 11.6 Å². The molecule has 0 saturated heterocycles. The Morgan fingerprint density at radius 2 is 2.06 bits per heavy atom. The lowest BCUT2D eigenvalue weighted by Gasteiger charge is -2.06. The molecule has 0 fully saturated rings. The first kappa shape index (κ1) is 14.6. The molecule has 1 heterocycles. The summed E-state index contributed by atoms with van der Waals surface area (Å²) >= 11 is 1.32. The average molecular weight is 272 g/mol. The Morgan fingerprint density at radius 3 is 2.61 bits per heavy atom. The van der Waals surface area contributed by atoms with E-state index in [2.05, 4.69) is 10.2 Å².